The molecule has 1 aromatic heterocycles. The molecule has 5 nitrogen and oxygen atoms in total. The minimum absolute atomic E-state index is 0.153. The second-order valence-corrected chi connectivity index (χ2v) is 3.69. The molecule has 1 aromatic rings. The van der Waals surface area contributed by atoms with E-state index in [4.69, 9.17) is 5.73 Å². The number of nitrogens with one attached hydrogen (secondary N) is 1. The predicted octanol–water partition coefficient (Wildman–Crippen LogP) is 2.01. The zero-order valence-electron chi connectivity index (χ0n) is 8.55. The fourth-order valence-corrected chi connectivity index (χ4v) is 0.895. The molecular weight excluding hydrogens is 227 g/mol. The van der Waals surface area contributed by atoms with Crippen molar-refractivity contribution in [2.45, 2.75) is 25.4 Å². The lowest BCUT2D eigenvalue weighted by Gasteiger charge is -2.24. The van der Waals surface area contributed by atoms with Crippen LogP contribution in [-0.4, -0.2) is 17.4 Å². The molecule has 0 saturated heterocycles. The van der Waals surface area contributed by atoms with E-state index >= 15 is 0 Å². The van der Waals surface area contributed by atoms with Gasteiger partial charge in [0.2, 0.25) is 0 Å². The Morgan fingerprint density at radius 2 is 2.06 bits per heavy atom. The number of carbonyl (C=O) groups excluding carboxylic acids is 1. The molecule has 8 heteroatoms. The van der Waals surface area contributed by atoms with Crippen LogP contribution < -0.4 is 11.1 Å². The van der Waals surface area contributed by atoms with Gasteiger partial charge in [-0.1, -0.05) is 5.16 Å². The molecule has 0 radical (unpaired) electrons. The van der Waals surface area contributed by atoms with Gasteiger partial charge in [0.25, 0.3) is 0 Å². The summed E-state index contributed by atoms with van der Waals surface area (Å²) in [5.41, 5.74) is 2.59. The van der Waals surface area contributed by atoms with Gasteiger partial charge in [-0.05, 0) is 13.8 Å². The molecule has 0 fully saturated rings. The Morgan fingerprint density at radius 1 is 1.50 bits per heavy atom. The van der Waals surface area contributed by atoms with Gasteiger partial charge in [-0.2, -0.15) is 13.2 Å². The van der Waals surface area contributed by atoms with Gasteiger partial charge in [0, 0.05) is 6.07 Å². The third-order valence-electron chi connectivity index (χ3n) is 2.09. The topological polar surface area (TPSA) is 81.1 Å². The second kappa shape index (κ2) is 3.69. The van der Waals surface area contributed by atoms with Crippen LogP contribution in [0, 0.1) is 0 Å². The van der Waals surface area contributed by atoms with Crippen LogP contribution in [-0.2, 0) is 5.41 Å². The molecule has 0 bridgehead atoms. The quantitative estimate of drug-likeness (QED) is 0.825. The Labute approximate surface area is 88.8 Å². The van der Waals surface area contributed by atoms with Crippen molar-refractivity contribution in [3.8, 4) is 0 Å². The van der Waals surface area contributed by atoms with Crippen LogP contribution in [0.2, 0.25) is 0 Å². The number of nitrogens with two attached hydrogens (primary N) is 1. The summed E-state index contributed by atoms with van der Waals surface area (Å²) in [5, 5.41) is 5.26. The van der Waals surface area contributed by atoms with Crippen molar-refractivity contribution in [2.75, 3.05) is 5.32 Å². The van der Waals surface area contributed by atoms with Crippen LogP contribution in [0.4, 0.5) is 23.8 Å². The molecule has 3 N–H and O–H groups in total. The number of primary amides is 1. The zero-order chi connectivity index (χ0) is 12.6. The summed E-state index contributed by atoms with van der Waals surface area (Å²) in [4.78, 5) is 10.4. The summed E-state index contributed by atoms with van der Waals surface area (Å²) in [5.74, 6) is -0.552. The molecule has 0 aliphatic carbocycles. The van der Waals surface area contributed by atoms with E-state index in [1.54, 1.807) is 0 Å². The van der Waals surface area contributed by atoms with Crippen molar-refractivity contribution in [3.05, 3.63) is 11.8 Å². The number of hydrogen-bond acceptors (Lipinski definition) is 3. The maximum atomic E-state index is 12.6. The molecule has 90 valence electrons. The number of amides is 2. The average Bonchev–Trinajstić information content (AvgIpc) is 2.49. The predicted molar refractivity (Wildman–Crippen MR) is 48.8 cm³/mol. The fourth-order valence-electron chi connectivity index (χ4n) is 0.895. The number of hydrogen-bond donors (Lipinski definition) is 2. The third kappa shape index (κ3) is 2.26. The SMILES string of the molecule is CC(C)(c1cc(NC(N)=O)no1)C(F)(F)F. The van der Waals surface area contributed by atoms with Gasteiger partial charge in [-0.25, -0.2) is 4.79 Å². The lowest BCUT2D eigenvalue weighted by Crippen LogP contribution is -2.35. The molecule has 0 spiro atoms. The van der Waals surface area contributed by atoms with Gasteiger partial charge < -0.3 is 10.3 Å². The normalized spacial score (nSPS) is 12.6. The monoisotopic (exact) mass is 237 g/mol. The minimum Gasteiger partial charge on any atom is -0.358 e. The van der Waals surface area contributed by atoms with Crippen molar-refractivity contribution >= 4 is 11.8 Å². The molecule has 0 atom stereocenters. The van der Waals surface area contributed by atoms with Crippen molar-refractivity contribution in [3.63, 3.8) is 0 Å². The highest BCUT2D eigenvalue weighted by atomic mass is 19.4. The van der Waals surface area contributed by atoms with Gasteiger partial charge >= 0.3 is 12.2 Å². The van der Waals surface area contributed by atoms with E-state index in [2.05, 4.69) is 9.68 Å². The summed E-state index contributed by atoms with van der Waals surface area (Å²) in [7, 11) is 0. The highest BCUT2D eigenvalue weighted by molar-refractivity contribution is 5.86. The summed E-state index contributed by atoms with van der Waals surface area (Å²) in [6.45, 7) is 1.89. The van der Waals surface area contributed by atoms with Gasteiger partial charge in [0.15, 0.2) is 11.6 Å². The number of anilines is 1. The van der Waals surface area contributed by atoms with Gasteiger partial charge in [0.1, 0.15) is 5.41 Å². The van der Waals surface area contributed by atoms with Crippen molar-refractivity contribution in [2.24, 2.45) is 5.73 Å². The molecule has 0 saturated carbocycles. The molecule has 0 aromatic carbocycles. The second-order valence-electron chi connectivity index (χ2n) is 3.69. The Hall–Kier alpha value is -1.73. The summed E-state index contributed by atoms with van der Waals surface area (Å²) in [6.07, 6.45) is -4.48. The first-order valence-corrected chi connectivity index (χ1v) is 4.25. The Kier molecular flexibility index (Phi) is 2.85. The van der Waals surface area contributed by atoms with Crippen LogP contribution >= 0.6 is 0 Å². The first kappa shape index (κ1) is 12.3. The van der Waals surface area contributed by atoms with Crippen LogP contribution in [0.15, 0.2) is 10.6 Å². The number of alkyl halides is 3. The maximum Gasteiger partial charge on any atom is 0.401 e. The van der Waals surface area contributed by atoms with E-state index in [1.165, 1.54) is 0 Å². The van der Waals surface area contributed by atoms with Gasteiger partial charge in [-0.3, -0.25) is 5.32 Å². The highest BCUT2D eigenvalue weighted by Gasteiger charge is 2.51. The largest absolute Gasteiger partial charge is 0.401 e. The van der Waals surface area contributed by atoms with Crippen LogP contribution in [0.1, 0.15) is 19.6 Å². The first-order chi connectivity index (χ1) is 7.14. The smallest absolute Gasteiger partial charge is 0.358 e. The van der Waals surface area contributed by atoms with E-state index < -0.39 is 23.4 Å². The Morgan fingerprint density at radius 3 is 2.50 bits per heavy atom. The van der Waals surface area contributed by atoms with Crippen molar-refractivity contribution in [1.29, 1.82) is 0 Å². The lowest BCUT2D eigenvalue weighted by atomic mass is 9.89. The minimum atomic E-state index is -4.48. The average molecular weight is 237 g/mol. The van der Waals surface area contributed by atoms with E-state index in [0.717, 1.165) is 19.9 Å². The Bertz CT molecular complexity index is 397. The molecule has 0 aliphatic heterocycles. The summed E-state index contributed by atoms with van der Waals surface area (Å²) in [6, 6.07) is 0.0581. The maximum absolute atomic E-state index is 12.6. The molecule has 1 heterocycles. The molecule has 1 rings (SSSR count). The number of urea groups is 1. The first-order valence-electron chi connectivity index (χ1n) is 4.25. The van der Waals surface area contributed by atoms with Crippen LogP contribution in [0.5, 0.6) is 0 Å². The number of rotatable bonds is 2. The molecule has 2 amide bonds. The van der Waals surface area contributed by atoms with Gasteiger partial charge in [-0.15, -0.1) is 0 Å². The summed E-state index contributed by atoms with van der Waals surface area (Å²) < 4.78 is 42.3. The van der Waals surface area contributed by atoms with E-state index in [1.807, 2.05) is 5.32 Å². The molecule has 0 unspecified atom stereocenters. The number of halogens is 3. The number of aromatic nitrogens is 1. The number of nitrogens with zero attached hydrogens (tertiary/aromatic N) is 1. The van der Waals surface area contributed by atoms with Crippen LogP contribution in [0.3, 0.4) is 0 Å². The molecule has 0 aliphatic rings. The van der Waals surface area contributed by atoms with Crippen molar-refractivity contribution < 1.29 is 22.5 Å². The standard InChI is InChI=1S/C8H10F3N3O2/c1-7(2,8(9,10)11)4-3-5(14-16-4)13-6(12)15/h3H,1-2H3,(H3,12,13,14,15). The van der Waals surface area contributed by atoms with Gasteiger partial charge in [0.05, 0.1) is 0 Å². The molecular formula is C8H10F3N3O2. The lowest BCUT2D eigenvalue weighted by molar-refractivity contribution is -0.185. The number of carbonyl (C=O) groups is 1. The van der Waals surface area contributed by atoms with E-state index in [-0.39, 0.29) is 5.82 Å². The summed E-state index contributed by atoms with van der Waals surface area (Å²) >= 11 is 0. The Balaban J connectivity index is 2.98. The zero-order valence-corrected chi connectivity index (χ0v) is 8.55. The fraction of sp³-hybridized carbons (Fsp3) is 0.500. The van der Waals surface area contributed by atoms with E-state index in [9.17, 15) is 18.0 Å². The van der Waals surface area contributed by atoms with Crippen LogP contribution in [0.25, 0.3) is 0 Å². The highest BCUT2D eigenvalue weighted by Crippen LogP contribution is 2.40. The third-order valence-corrected chi connectivity index (χ3v) is 2.09. The molecule has 16 heavy (non-hydrogen) atoms. The van der Waals surface area contributed by atoms with Crippen molar-refractivity contribution in [1.82, 2.24) is 5.16 Å². The van der Waals surface area contributed by atoms with E-state index in [0.29, 0.717) is 0 Å².